The number of unbranched alkanes of at least 4 members (excludes halogenated alkanes) is 1. The van der Waals surface area contributed by atoms with Crippen LogP contribution in [0.25, 0.3) is 0 Å². The van der Waals surface area contributed by atoms with Crippen LogP contribution >= 0.6 is 33.3 Å². The summed E-state index contributed by atoms with van der Waals surface area (Å²) in [5.74, 6) is -12.5. The van der Waals surface area contributed by atoms with Crippen LogP contribution < -0.4 is 80.7 Å². The van der Waals surface area contributed by atoms with E-state index in [0.29, 0.717) is 57.0 Å². The molecule has 0 aliphatic carbocycles. The lowest BCUT2D eigenvalue weighted by Crippen LogP contribution is -2.58. The summed E-state index contributed by atoms with van der Waals surface area (Å²) in [6.07, 6.45) is -0.0339. The van der Waals surface area contributed by atoms with E-state index in [0.717, 1.165) is 10.8 Å². The number of carbonyl (C=O) groups is 14. The first-order chi connectivity index (χ1) is 52.2. The Labute approximate surface area is 644 Å². The van der Waals surface area contributed by atoms with Gasteiger partial charge in [-0.05, 0) is 64.7 Å². The van der Waals surface area contributed by atoms with Crippen LogP contribution in [0.3, 0.4) is 0 Å². The second kappa shape index (κ2) is 59.4. The number of guanidine groups is 1. The number of aliphatic imine (C=N–C) groups is 1. The van der Waals surface area contributed by atoms with E-state index in [1.165, 1.54) is 17.9 Å². The smallest absolute Gasteiger partial charge is 0.431 e. The van der Waals surface area contributed by atoms with Gasteiger partial charge in [-0.3, -0.25) is 72.2 Å². The maximum atomic E-state index is 14.5. The Morgan fingerprint density at radius 3 is 1.58 bits per heavy atom. The third kappa shape index (κ3) is 50.8. The molecule has 0 bridgehead atoms. The fraction of sp³-hybridized carbons (Fsp3) is 0.677. The molecule has 2 rings (SSSR count). The van der Waals surface area contributed by atoms with Crippen molar-refractivity contribution in [3.63, 3.8) is 0 Å². The molecule has 616 valence electrons. The van der Waals surface area contributed by atoms with Gasteiger partial charge in [-0.1, -0.05) is 51.9 Å². The molecule has 0 aromatic heterocycles. The molecule has 6 atom stereocenters. The molecule has 1 saturated heterocycles. The van der Waals surface area contributed by atoms with E-state index in [-0.39, 0.29) is 129 Å². The number of benzene rings is 1. The van der Waals surface area contributed by atoms with Gasteiger partial charge < -0.3 is 123 Å². The van der Waals surface area contributed by atoms with Crippen LogP contribution in [0, 0.1) is 0 Å². The minimum Gasteiger partial charge on any atom is -0.481 e. The predicted molar refractivity (Wildman–Crippen MR) is 397 cm³/mol. The average molecular weight is 1610 g/mol. The number of rotatable bonds is 48. The monoisotopic (exact) mass is 1610 g/mol. The number of nitrogens with one attached hydrogen (secondary N) is 13. The first-order valence-electron chi connectivity index (χ1n) is 34.8. The first kappa shape index (κ1) is 96.6. The van der Waals surface area contributed by atoms with Crippen LogP contribution in [0.15, 0.2) is 35.3 Å². The Bertz CT molecular complexity index is 2980. The third-order valence-electron chi connectivity index (χ3n) is 14.0. The van der Waals surface area contributed by atoms with E-state index in [4.69, 9.17) is 58.9 Å². The summed E-state index contributed by atoms with van der Waals surface area (Å²) >= 11 is 0.629. The number of carboxylic acids is 1. The van der Waals surface area contributed by atoms with Gasteiger partial charge in [-0.25, -0.2) is 4.79 Å². The van der Waals surface area contributed by atoms with E-state index in [1.54, 1.807) is 57.4 Å². The Balaban J connectivity index is 2.09. The average Bonchev–Trinajstić information content (AvgIpc) is 0.844. The van der Waals surface area contributed by atoms with Gasteiger partial charge in [0.2, 0.25) is 65.0 Å². The molecule has 1 aromatic rings. The quantitative estimate of drug-likeness (QED) is 0.00951. The SMILES string of the molecule is COCCOCCNC(=O)C1NC(=O)[C@H](Cc2ccccc2)NC(=O)CNC(=O)[C@H](CC(=O)O)NC(=O)CNC(=O)[C@H](CCCN=C(N)N)NC(=O)[C@H](CSSC)NC(=O)[C@H](CCCCNC(=O)COCC(=O)NCCOCCOCCOCCOCCOCCNC(=O)CONC(=O)OC(C)(C)C)NC(=O)CS1. The lowest BCUT2D eigenvalue weighted by Gasteiger charge is -2.26. The van der Waals surface area contributed by atoms with Gasteiger partial charge in [0.1, 0.15) is 49.0 Å². The summed E-state index contributed by atoms with van der Waals surface area (Å²) in [6, 6.07) is 0.852. The molecule has 0 saturated carbocycles. The zero-order chi connectivity index (χ0) is 80.5. The molecular formula is C65H108N16O25S3. The Morgan fingerprint density at radius 1 is 0.550 bits per heavy atom. The van der Waals surface area contributed by atoms with Crippen LogP contribution in [0.4, 0.5) is 4.79 Å². The first-order valence-corrected chi connectivity index (χ1v) is 38.6. The zero-order valence-corrected chi connectivity index (χ0v) is 64.5. The molecule has 18 N–H and O–H groups in total. The van der Waals surface area contributed by atoms with Gasteiger partial charge in [-0.15, -0.1) is 11.8 Å². The molecule has 41 nitrogen and oxygen atoms in total. The van der Waals surface area contributed by atoms with Crippen molar-refractivity contribution in [2.45, 2.75) is 107 Å². The number of carbonyl (C=O) groups excluding carboxylic acids is 13. The lowest BCUT2D eigenvalue weighted by molar-refractivity contribution is -0.141. The second-order valence-corrected chi connectivity index (χ2v) is 27.9. The van der Waals surface area contributed by atoms with Gasteiger partial charge in [0.15, 0.2) is 17.9 Å². The number of carboxylic acid groups (broad SMARTS) is 1. The predicted octanol–water partition coefficient (Wildman–Crippen LogP) is -5.53. The molecule has 13 amide bonds. The largest absolute Gasteiger partial charge is 0.481 e. The molecule has 0 radical (unpaired) electrons. The maximum Gasteiger partial charge on any atom is 0.431 e. The van der Waals surface area contributed by atoms with E-state index in [1.807, 2.05) is 5.48 Å². The number of nitrogens with two attached hydrogens (primary N) is 2. The lowest BCUT2D eigenvalue weighted by atomic mass is 10.1. The maximum absolute atomic E-state index is 14.5. The van der Waals surface area contributed by atoms with Gasteiger partial charge in [0.25, 0.3) is 5.91 Å². The molecule has 1 heterocycles. The summed E-state index contributed by atoms with van der Waals surface area (Å²) in [5, 5.41) is 38.4. The van der Waals surface area contributed by atoms with Gasteiger partial charge in [-0.2, -0.15) is 5.48 Å². The number of hydroxylamine groups is 1. The summed E-state index contributed by atoms with van der Waals surface area (Å²) < 4.78 is 48.0. The fourth-order valence-electron chi connectivity index (χ4n) is 8.87. The van der Waals surface area contributed by atoms with Crippen molar-refractivity contribution in [2.24, 2.45) is 16.5 Å². The van der Waals surface area contributed by atoms with Crippen molar-refractivity contribution in [3.8, 4) is 0 Å². The summed E-state index contributed by atoms with van der Waals surface area (Å²) in [5.41, 5.74) is 12.8. The second-order valence-electron chi connectivity index (χ2n) is 24.2. The molecule has 1 unspecified atom stereocenters. The highest BCUT2D eigenvalue weighted by molar-refractivity contribution is 8.76. The fourth-order valence-corrected chi connectivity index (χ4v) is 11.0. The number of amides is 13. The molecule has 44 heteroatoms. The number of hydrogen-bond acceptors (Lipinski definition) is 28. The molecule has 1 aliphatic heterocycles. The van der Waals surface area contributed by atoms with Crippen molar-refractivity contribution in [1.29, 1.82) is 0 Å². The highest BCUT2D eigenvalue weighted by atomic mass is 33.1. The summed E-state index contributed by atoms with van der Waals surface area (Å²) in [6.45, 7) is 5.60. The topological polar surface area (TPSA) is 572 Å². The van der Waals surface area contributed by atoms with Crippen molar-refractivity contribution < 1.29 is 120 Å². The van der Waals surface area contributed by atoms with E-state index in [9.17, 15) is 72.2 Å². The highest BCUT2D eigenvalue weighted by Crippen LogP contribution is 2.19. The molecule has 1 aliphatic rings. The van der Waals surface area contributed by atoms with E-state index < -0.39 is 169 Å². The van der Waals surface area contributed by atoms with Crippen LogP contribution in [0.1, 0.15) is 64.9 Å². The van der Waals surface area contributed by atoms with Crippen LogP contribution in [-0.2, 0) is 116 Å². The number of hydrogen-bond donors (Lipinski definition) is 16. The van der Waals surface area contributed by atoms with Crippen LogP contribution in [0.2, 0.25) is 0 Å². The van der Waals surface area contributed by atoms with E-state index in [2.05, 4.69) is 68.8 Å². The Morgan fingerprint density at radius 2 is 1.03 bits per heavy atom. The van der Waals surface area contributed by atoms with Crippen molar-refractivity contribution in [1.82, 2.24) is 69.3 Å². The van der Waals surface area contributed by atoms with Crippen molar-refractivity contribution in [2.75, 3.05) is 176 Å². The van der Waals surface area contributed by atoms with Crippen molar-refractivity contribution in [3.05, 3.63) is 35.9 Å². The number of aliphatic carboxylic acids is 1. The van der Waals surface area contributed by atoms with Crippen molar-refractivity contribution >= 4 is 122 Å². The molecular weight excluding hydrogens is 1500 g/mol. The van der Waals surface area contributed by atoms with Gasteiger partial charge in [0, 0.05) is 52.0 Å². The number of nitrogens with zero attached hydrogens (tertiary/aromatic N) is 1. The molecule has 1 fully saturated rings. The standard InChI is InChI=1S/C65H108N16O25S3/c1-65(2,3)106-64(96)81-105-40-53(86)70-19-22-100-27-29-102-31-33-103-32-30-101-28-26-99-21-18-69-52(85)39-104-38-51(84)68-16-10-9-14-45-58(92)79-48(41-109-107-5)60(94)78-44(15-11-17-72-63(66)67)56(90)73-36-50(83)77-47(35-55(88)89)57(91)74-37-49(82)76-46(34-43-12-7-6-8-13-43)59(93)80-62(108-42-54(87)75-45)61(95)71-20-23-98-25-24-97-4/h6-8,12-13,44-48,62H,9-11,14-42H2,1-5H3,(H,68,84)(H,69,85)(H,70,86)(H,71,95)(H,73,90)(H,74,91)(H,75,87)(H,76,82)(H,77,83)(H,78,94)(H,79,92)(H,80,93)(H,81,96)(H,88,89)(H4,66,67,72)/t44-,45-,46-,47-,48-,62?/m0/s1. The number of ether oxygens (including phenoxy) is 9. The minimum absolute atomic E-state index is 0.00744. The zero-order valence-electron chi connectivity index (χ0n) is 62.1. The van der Waals surface area contributed by atoms with Gasteiger partial charge >= 0.3 is 12.1 Å². The van der Waals surface area contributed by atoms with Gasteiger partial charge in [0.05, 0.1) is 111 Å². The van der Waals surface area contributed by atoms with Crippen LogP contribution in [0.5, 0.6) is 0 Å². The number of thioether (sulfide) groups is 1. The number of methoxy groups -OCH3 is 1. The molecule has 0 spiro atoms. The minimum atomic E-state index is -1.80. The molecule has 109 heavy (non-hydrogen) atoms. The van der Waals surface area contributed by atoms with Crippen LogP contribution in [-0.4, -0.2) is 312 Å². The highest BCUT2D eigenvalue weighted by Gasteiger charge is 2.33. The molecule has 1 aromatic carbocycles. The normalized spacial score (nSPS) is 18.1. The van der Waals surface area contributed by atoms with E-state index >= 15 is 0 Å². The summed E-state index contributed by atoms with van der Waals surface area (Å²) in [7, 11) is 3.86. The Kier molecular flexibility index (Phi) is 52.7. The summed E-state index contributed by atoms with van der Waals surface area (Å²) in [4.78, 5) is 194. The Hall–Kier alpha value is -8.44. The third-order valence-corrected chi connectivity index (χ3v) is 16.9.